The van der Waals surface area contributed by atoms with Crippen molar-refractivity contribution >= 4 is 6.09 Å². The topological polar surface area (TPSA) is 43.4 Å². The standard InChI is InChI=1S/C11H10F3NO2/c12-11(13,14)4-7-1-2-8-5-15(10(16)17)6-9(8)3-7/h1-3H,4-6H2,(H,16,17)/p-1. The lowest BCUT2D eigenvalue weighted by atomic mass is 10.0. The number of hydrogen-bond donors (Lipinski definition) is 0. The van der Waals surface area contributed by atoms with E-state index in [0.717, 1.165) is 10.5 Å². The maximum atomic E-state index is 12.2. The molecule has 0 atom stereocenters. The molecule has 1 heterocycles. The number of nitrogens with zero attached hydrogens (tertiary/aromatic N) is 1. The lowest BCUT2D eigenvalue weighted by molar-refractivity contribution is -0.266. The van der Waals surface area contributed by atoms with Gasteiger partial charge in [-0.15, -0.1) is 0 Å². The second-order valence-electron chi connectivity index (χ2n) is 4.02. The molecular weight excluding hydrogens is 235 g/mol. The molecular formula is C11H9F3NO2-. The van der Waals surface area contributed by atoms with Gasteiger partial charge in [-0.2, -0.15) is 13.2 Å². The van der Waals surface area contributed by atoms with E-state index in [1.165, 1.54) is 12.1 Å². The lowest BCUT2D eigenvalue weighted by Crippen LogP contribution is -2.37. The molecule has 17 heavy (non-hydrogen) atoms. The van der Waals surface area contributed by atoms with Crippen LogP contribution in [0.3, 0.4) is 0 Å². The summed E-state index contributed by atoms with van der Waals surface area (Å²) in [6.07, 6.45) is -6.55. The Morgan fingerprint density at radius 3 is 2.53 bits per heavy atom. The first-order chi connectivity index (χ1) is 7.85. The number of amides is 1. The lowest BCUT2D eigenvalue weighted by Gasteiger charge is -2.17. The Balaban J connectivity index is 2.18. The van der Waals surface area contributed by atoms with Crippen LogP contribution in [0.5, 0.6) is 0 Å². The van der Waals surface area contributed by atoms with E-state index in [2.05, 4.69) is 0 Å². The van der Waals surface area contributed by atoms with Gasteiger partial charge < -0.3 is 14.8 Å². The summed E-state index contributed by atoms with van der Waals surface area (Å²) in [4.78, 5) is 11.7. The number of carbonyl (C=O) groups excluding carboxylic acids is 1. The Labute approximate surface area is 95.5 Å². The van der Waals surface area contributed by atoms with Crippen LogP contribution in [0.15, 0.2) is 18.2 Å². The van der Waals surface area contributed by atoms with Crippen LogP contribution in [-0.2, 0) is 19.5 Å². The molecule has 0 spiro atoms. The normalized spacial score (nSPS) is 14.9. The highest BCUT2D eigenvalue weighted by Crippen LogP contribution is 2.27. The van der Waals surface area contributed by atoms with E-state index in [9.17, 15) is 23.1 Å². The maximum Gasteiger partial charge on any atom is 0.393 e. The van der Waals surface area contributed by atoms with E-state index in [-0.39, 0.29) is 18.7 Å². The SMILES string of the molecule is O=C([O-])N1Cc2ccc(CC(F)(F)F)cc2C1. The van der Waals surface area contributed by atoms with Gasteiger partial charge >= 0.3 is 6.18 Å². The van der Waals surface area contributed by atoms with Crippen LogP contribution in [0.25, 0.3) is 0 Å². The van der Waals surface area contributed by atoms with Crippen molar-refractivity contribution < 1.29 is 23.1 Å². The van der Waals surface area contributed by atoms with Gasteiger partial charge in [0.05, 0.1) is 6.42 Å². The summed E-state index contributed by atoms with van der Waals surface area (Å²) >= 11 is 0. The average molecular weight is 244 g/mol. The first-order valence-corrected chi connectivity index (χ1v) is 4.98. The van der Waals surface area contributed by atoms with Crippen molar-refractivity contribution in [3.63, 3.8) is 0 Å². The molecule has 1 aliphatic heterocycles. The number of halogens is 3. The summed E-state index contributed by atoms with van der Waals surface area (Å²) in [5, 5.41) is 10.6. The summed E-state index contributed by atoms with van der Waals surface area (Å²) < 4.78 is 36.6. The summed E-state index contributed by atoms with van der Waals surface area (Å²) in [5.74, 6) is 0. The number of rotatable bonds is 1. The second kappa shape index (κ2) is 3.94. The highest BCUT2D eigenvalue weighted by atomic mass is 19.4. The summed E-state index contributed by atoms with van der Waals surface area (Å²) in [5.41, 5.74) is 1.51. The molecule has 1 aliphatic rings. The molecule has 1 aromatic rings. The second-order valence-corrected chi connectivity index (χ2v) is 4.02. The first kappa shape index (κ1) is 11.8. The Bertz CT molecular complexity index is 457. The average Bonchev–Trinajstić information content (AvgIpc) is 2.57. The van der Waals surface area contributed by atoms with E-state index < -0.39 is 18.7 Å². The number of benzene rings is 1. The molecule has 0 bridgehead atoms. The van der Waals surface area contributed by atoms with Gasteiger partial charge in [0.15, 0.2) is 0 Å². The van der Waals surface area contributed by atoms with E-state index in [1.807, 2.05) is 0 Å². The molecule has 1 aromatic carbocycles. The molecule has 0 aromatic heterocycles. The van der Waals surface area contributed by atoms with Crippen molar-refractivity contribution in [2.45, 2.75) is 25.7 Å². The van der Waals surface area contributed by atoms with Crippen molar-refractivity contribution in [3.8, 4) is 0 Å². The Hall–Kier alpha value is -1.72. The smallest absolute Gasteiger partial charge is 0.393 e. The van der Waals surface area contributed by atoms with Crippen LogP contribution < -0.4 is 5.11 Å². The fourth-order valence-corrected chi connectivity index (χ4v) is 1.92. The molecule has 3 nitrogen and oxygen atoms in total. The molecule has 0 saturated heterocycles. The molecule has 0 saturated carbocycles. The highest BCUT2D eigenvalue weighted by Gasteiger charge is 2.28. The third kappa shape index (κ3) is 2.69. The van der Waals surface area contributed by atoms with Gasteiger partial charge in [-0.1, -0.05) is 18.2 Å². The molecule has 0 aliphatic carbocycles. The van der Waals surface area contributed by atoms with E-state index in [0.29, 0.717) is 5.56 Å². The monoisotopic (exact) mass is 244 g/mol. The van der Waals surface area contributed by atoms with Crippen molar-refractivity contribution in [1.82, 2.24) is 4.90 Å². The first-order valence-electron chi connectivity index (χ1n) is 4.98. The van der Waals surface area contributed by atoms with Crippen LogP contribution >= 0.6 is 0 Å². The largest absolute Gasteiger partial charge is 0.530 e. The van der Waals surface area contributed by atoms with Gasteiger partial charge in [-0.3, -0.25) is 0 Å². The summed E-state index contributed by atoms with van der Waals surface area (Å²) in [7, 11) is 0. The molecule has 92 valence electrons. The number of carbonyl (C=O) groups is 1. The molecule has 2 rings (SSSR count). The predicted octanol–water partition coefficient (Wildman–Crippen LogP) is 1.45. The van der Waals surface area contributed by atoms with Crippen LogP contribution in [0.4, 0.5) is 18.0 Å². The van der Waals surface area contributed by atoms with Crippen molar-refractivity contribution in [1.29, 1.82) is 0 Å². The van der Waals surface area contributed by atoms with Gasteiger partial charge in [-0.05, 0) is 16.7 Å². The molecule has 0 radical (unpaired) electrons. The minimum atomic E-state index is -4.25. The number of fused-ring (bicyclic) bond motifs is 1. The van der Waals surface area contributed by atoms with Gasteiger partial charge in [0, 0.05) is 13.1 Å². The zero-order valence-electron chi connectivity index (χ0n) is 8.75. The van der Waals surface area contributed by atoms with E-state index in [1.54, 1.807) is 6.07 Å². The fourth-order valence-electron chi connectivity index (χ4n) is 1.92. The highest BCUT2D eigenvalue weighted by molar-refractivity contribution is 5.64. The zero-order chi connectivity index (χ0) is 12.6. The molecule has 0 unspecified atom stereocenters. The molecule has 6 heteroatoms. The van der Waals surface area contributed by atoms with Crippen LogP contribution in [0.1, 0.15) is 16.7 Å². The number of carboxylic acid groups (broad SMARTS) is 1. The summed E-state index contributed by atoms with van der Waals surface area (Å²) in [6, 6.07) is 4.33. The predicted molar refractivity (Wildman–Crippen MR) is 50.8 cm³/mol. The van der Waals surface area contributed by atoms with Gasteiger partial charge in [-0.25, -0.2) is 0 Å². The Morgan fingerprint density at radius 1 is 1.29 bits per heavy atom. The van der Waals surface area contributed by atoms with E-state index in [4.69, 9.17) is 0 Å². The maximum absolute atomic E-state index is 12.2. The van der Waals surface area contributed by atoms with Crippen LogP contribution in [0.2, 0.25) is 0 Å². The summed E-state index contributed by atoms with van der Waals surface area (Å²) in [6.45, 7) is 0.285. The third-order valence-electron chi connectivity index (χ3n) is 2.66. The van der Waals surface area contributed by atoms with Gasteiger partial charge in [0.25, 0.3) is 0 Å². The quantitative estimate of drug-likeness (QED) is 0.750. The molecule has 0 fully saturated rings. The van der Waals surface area contributed by atoms with Crippen molar-refractivity contribution in [2.24, 2.45) is 0 Å². The van der Waals surface area contributed by atoms with E-state index >= 15 is 0 Å². The molecule has 0 N–H and O–H groups in total. The van der Waals surface area contributed by atoms with Crippen LogP contribution in [-0.4, -0.2) is 17.2 Å². The Morgan fingerprint density at radius 2 is 1.94 bits per heavy atom. The minimum Gasteiger partial charge on any atom is -0.530 e. The van der Waals surface area contributed by atoms with Crippen LogP contribution in [0, 0.1) is 0 Å². The molecule has 1 amide bonds. The number of hydrogen-bond acceptors (Lipinski definition) is 2. The zero-order valence-corrected chi connectivity index (χ0v) is 8.75. The van der Waals surface area contributed by atoms with Crippen molar-refractivity contribution in [2.75, 3.05) is 0 Å². The van der Waals surface area contributed by atoms with Crippen molar-refractivity contribution in [3.05, 3.63) is 34.9 Å². The minimum absolute atomic E-state index is 0.101. The third-order valence-corrected chi connectivity index (χ3v) is 2.66. The van der Waals surface area contributed by atoms with Gasteiger partial charge in [0.2, 0.25) is 0 Å². The fraction of sp³-hybridized carbons (Fsp3) is 0.364. The Kier molecular flexibility index (Phi) is 2.73. The van der Waals surface area contributed by atoms with Gasteiger partial charge in [0.1, 0.15) is 6.09 Å². The number of alkyl halides is 3.